The van der Waals surface area contributed by atoms with E-state index < -0.39 is 15.4 Å². The molecular formula is C29H31FN2O4S. The van der Waals surface area contributed by atoms with Gasteiger partial charge in [-0.15, -0.1) is 0 Å². The molecule has 4 rings (SSSR count). The SMILES string of the molecule is Cc1ccc(CCC(=O)Nc2ccc(C3(NC(=O)Cc4ccc(S(C)(=O)=O)cc4)CCC3)cc2)cc1F. The maximum Gasteiger partial charge on any atom is 0.225 e. The van der Waals surface area contributed by atoms with E-state index in [1.165, 1.54) is 18.2 Å². The zero-order valence-electron chi connectivity index (χ0n) is 21.0. The van der Waals surface area contributed by atoms with Crippen molar-refractivity contribution in [2.24, 2.45) is 0 Å². The van der Waals surface area contributed by atoms with Crippen LogP contribution in [0.25, 0.3) is 0 Å². The average molecular weight is 523 g/mol. The van der Waals surface area contributed by atoms with Gasteiger partial charge < -0.3 is 10.6 Å². The molecule has 0 heterocycles. The summed E-state index contributed by atoms with van der Waals surface area (Å²) in [5.74, 6) is -0.547. The standard InChI is InChI=1S/C29H31FN2O4S/c1-20-4-5-21(18-26(20)30)8-15-27(33)31-24-11-9-23(10-12-24)29(16-3-17-29)32-28(34)19-22-6-13-25(14-7-22)37(2,35)36/h4-7,9-14,18H,3,8,15-17,19H2,1-2H3,(H,31,33)(H,32,34). The van der Waals surface area contributed by atoms with Gasteiger partial charge in [0.05, 0.1) is 16.9 Å². The molecule has 6 nitrogen and oxygen atoms in total. The Kier molecular flexibility index (Phi) is 7.78. The zero-order valence-corrected chi connectivity index (χ0v) is 21.8. The smallest absolute Gasteiger partial charge is 0.225 e. The van der Waals surface area contributed by atoms with Gasteiger partial charge in [-0.25, -0.2) is 12.8 Å². The molecule has 0 spiro atoms. The number of hydrogen-bond acceptors (Lipinski definition) is 4. The molecule has 1 fully saturated rings. The van der Waals surface area contributed by atoms with Crippen LogP contribution < -0.4 is 10.6 Å². The minimum absolute atomic E-state index is 0.128. The Bertz CT molecular complexity index is 1400. The van der Waals surface area contributed by atoms with Crippen LogP contribution in [0.4, 0.5) is 10.1 Å². The Hall–Kier alpha value is -3.52. The van der Waals surface area contributed by atoms with Crippen molar-refractivity contribution in [3.8, 4) is 0 Å². The first-order valence-electron chi connectivity index (χ1n) is 12.3. The first-order chi connectivity index (χ1) is 17.5. The van der Waals surface area contributed by atoms with E-state index in [-0.39, 0.29) is 35.4 Å². The van der Waals surface area contributed by atoms with Crippen molar-refractivity contribution < 1.29 is 22.4 Å². The number of rotatable bonds is 9. The van der Waals surface area contributed by atoms with E-state index in [1.54, 1.807) is 25.1 Å². The molecular weight excluding hydrogens is 491 g/mol. The molecule has 1 saturated carbocycles. The lowest BCUT2D eigenvalue weighted by atomic mass is 9.71. The first-order valence-corrected chi connectivity index (χ1v) is 14.2. The largest absolute Gasteiger partial charge is 0.346 e. The van der Waals surface area contributed by atoms with Gasteiger partial charge in [-0.2, -0.15) is 0 Å². The van der Waals surface area contributed by atoms with Crippen LogP contribution in [-0.4, -0.2) is 26.5 Å². The fourth-order valence-electron chi connectivity index (χ4n) is 4.51. The summed E-state index contributed by atoms with van der Waals surface area (Å²) in [6, 6.07) is 18.9. The summed E-state index contributed by atoms with van der Waals surface area (Å²) in [5, 5.41) is 6.05. The summed E-state index contributed by atoms with van der Waals surface area (Å²) in [4.78, 5) is 25.4. The summed E-state index contributed by atoms with van der Waals surface area (Å²) in [6.45, 7) is 1.70. The van der Waals surface area contributed by atoms with Crippen molar-refractivity contribution >= 4 is 27.3 Å². The highest BCUT2D eigenvalue weighted by atomic mass is 32.2. The monoisotopic (exact) mass is 522 g/mol. The fraction of sp³-hybridized carbons (Fsp3) is 0.310. The Morgan fingerprint density at radius 1 is 0.919 bits per heavy atom. The number of amides is 2. The van der Waals surface area contributed by atoms with E-state index >= 15 is 0 Å². The highest BCUT2D eigenvalue weighted by Gasteiger charge is 2.39. The summed E-state index contributed by atoms with van der Waals surface area (Å²) in [6.07, 6.45) is 4.66. The van der Waals surface area contributed by atoms with Crippen LogP contribution in [-0.2, 0) is 37.8 Å². The van der Waals surface area contributed by atoms with Gasteiger partial charge in [-0.3, -0.25) is 9.59 Å². The molecule has 3 aromatic rings. The van der Waals surface area contributed by atoms with Gasteiger partial charge in [0.1, 0.15) is 5.82 Å². The van der Waals surface area contributed by atoms with E-state index in [1.807, 2.05) is 30.3 Å². The molecule has 0 aromatic heterocycles. The van der Waals surface area contributed by atoms with Gasteiger partial charge in [0.15, 0.2) is 9.84 Å². The minimum Gasteiger partial charge on any atom is -0.346 e. The van der Waals surface area contributed by atoms with E-state index in [9.17, 15) is 22.4 Å². The van der Waals surface area contributed by atoms with Crippen LogP contribution in [0.2, 0.25) is 0 Å². The Morgan fingerprint density at radius 3 is 2.14 bits per heavy atom. The topological polar surface area (TPSA) is 92.3 Å². The number of carbonyl (C=O) groups excluding carboxylic acids is 2. The zero-order chi connectivity index (χ0) is 26.6. The van der Waals surface area contributed by atoms with Gasteiger partial charge in [-0.05, 0) is 85.2 Å². The van der Waals surface area contributed by atoms with Crippen molar-refractivity contribution in [2.75, 3.05) is 11.6 Å². The molecule has 0 saturated heterocycles. The van der Waals surface area contributed by atoms with Crippen LogP contribution in [0.1, 0.15) is 47.9 Å². The van der Waals surface area contributed by atoms with Crippen LogP contribution in [0.15, 0.2) is 71.6 Å². The van der Waals surface area contributed by atoms with Crippen molar-refractivity contribution in [3.05, 3.63) is 94.8 Å². The predicted molar refractivity (Wildman–Crippen MR) is 141 cm³/mol. The Labute approximate surface area is 217 Å². The summed E-state index contributed by atoms with van der Waals surface area (Å²) >= 11 is 0. The van der Waals surface area contributed by atoms with E-state index in [2.05, 4.69) is 10.6 Å². The number of benzene rings is 3. The van der Waals surface area contributed by atoms with Gasteiger partial charge in [-0.1, -0.05) is 36.4 Å². The Morgan fingerprint density at radius 2 is 1.57 bits per heavy atom. The molecule has 0 unspecified atom stereocenters. The molecule has 37 heavy (non-hydrogen) atoms. The van der Waals surface area contributed by atoms with Crippen LogP contribution in [0, 0.1) is 12.7 Å². The van der Waals surface area contributed by atoms with Crippen molar-refractivity contribution in [1.82, 2.24) is 5.32 Å². The lowest BCUT2D eigenvalue weighted by Gasteiger charge is -2.43. The summed E-state index contributed by atoms with van der Waals surface area (Å²) in [7, 11) is -3.28. The molecule has 8 heteroatoms. The lowest BCUT2D eigenvalue weighted by Crippen LogP contribution is -2.51. The second kappa shape index (κ2) is 10.8. The quantitative estimate of drug-likeness (QED) is 0.420. The van der Waals surface area contributed by atoms with Crippen LogP contribution in [0.3, 0.4) is 0 Å². The van der Waals surface area contributed by atoms with Gasteiger partial charge in [0, 0.05) is 18.4 Å². The van der Waals surface area contributed by atoms with Crippen molar-refractivity contribution in [1.29, 1.82) is 0 Å². The summed E-state index contributed by atoms with van der Waals surface area (Å²) < 4.78 is 37.0. The molecule has 0 aliphatic heterocycles. The molecule has 194 valence electrons. The maximum absolute atomic E-state index is 13.7. The highest BCUT2D eigenvalue weighted by molar-refractivity contribution is 7.90. The molecule has 2 amide bonds. The minimum atomic E-state index is -3.28. The third kappa shape index (κ3) is 6.63. The van der Waals surface area contributed by atoms with Crippen molar-refractivity contribution in [3.63, 3.8) is 0 Å². The number of carbonyl (C=O) groups is 2. The third-order valence-electron chi connectivity index (χ3n) is 6.90. The summed E-state index contributed by atoms with van der Waals surface area (Å²) in [5.41, 5.74) is 3.30. The Balaban J connectivity index is 1.33. The molecule has 3 aromatic carbocycles. The van der Waals surface area contributed by atoms with E-state index in [4.69, 9.17) is 0 Å². The number of hydrogen-bond donors (Lipinski definition) is 2. The van der Waals surface area contributed by atoms with Crippen LogP contribution in [0.5, 0.6) is 0 Å². The average Bonchev–Trinajstić information content (AvgIpc) is 2.82. The van der Waals surface area contributed by atoms with E-state index in [0.29, 0.717) is 17.7 Å². The molecule has 0 bridgehead atoms. The number of anilines is 1. The van der Waals surface area contributed by atoms with Crippen molar-refractivity contribution in [2.45, 2.75) is 55.9 Å². The second-order valence-electron chi connectivity index (χ2n) is 9.79. The third-order valence-corrected chi connectivity index (χ3v) is 8.03. The molecule has 0 radical (unpaired) electrons. The normalized spacial score (nSPS) is 14.5. The number of sulfone groups is 1. The van der Waals surface area contributed by atoms with Crippen LogP contribution >= 0.6 is 0 Å². The number of aryl methyl sites for hydroxylation is 2. The molecule has 0 atom stereocenters. The molecule has 1 aliphatic rings. The number of nitrogens with one attached hydrogen (secondary N) is 2. The fourth-order valence-corrected chi connectivity index (χ4v) is 5.14. The van der Waals surface area contributed by atoms with Gasteiger partial charge >= 0.3 is 0 Å². The highest BCUT2D eigenvalue weighted by Crippen LogP contribution is 2.41. The van der Waals surface area contributed by atoms with E-state index in [0.717, 1.165) is 42.2 Å². The predicted octanol–water partition coefficient (Wildman–Crippen LogP) is 4.85. The maximum atomic E-state index is 13.7. The van der Waals surface area contributed by atoms with Gasteiger partial charge in [0.2, 0.25) is 11.8 Å². The second-order valence-corrected chi connectivity index (χ2v) is 11.8. The first kappa shape index (κ1) is 26.5. The number of halogens is 1. The molecule has 2 N–H and O–H groups in total. The van der Waals surface area contributed by atoms with Gasteiger partial charge in [0.25, 0.3) is 0 Å². The molecule has 1 aliphatic carbocycles. The lowest BCUT2D eigenvalue weighted by molar-refractivity contribution is -0.123.